The summed E-state index contributed by atoms with van der Waals surface area (Å²) in [6, 6.07) is 4.79. The van der Waals surface area contributed by atoms with Crippen LogP contribution in [0.15, 0.2) is 23.1 Å². The lowest BCUT2D eigenvalue weighted by molar-refractivity contribution is 0.596. The van der Waals surface area contributed by atoms with Gasteiger partial charge in [0.05, 0.1) is 4.90 Å². The van der Waals surface area contributed by atoms with Crippen molar-refractivity contribution in [3.05, 3.63) is 29.3 Å². The predicted octanol–water partition coefficient (Wildman–Crippen LogP) is 0.602. The lowest BCUT2D eigenvalue weighted by Gasteiger charge is -2.10. The second-order valence-corrected chi connectivity index (χ2v) is 4.60. The van der Waals surface area contributed by atoms with Gasteiger partial charge in [0.15, 0.2) is 0 Å². The molecule has 0 aliphatic rings. The minimum Gasteiger partial charge on any atom is -0.384 e. The summed E-state index contributed by atoms with van der Waals surface area (Å²) >= 11 is 0. The molecule has 0 aliphatic heterocycles. The second kappa shape index (κ2) is 5.29. The SMILES string of the molecule is CCc1cccc(C(=N)N)c1S(N)(=O)=O.Cl. The number of nitrogen functional groups attached to an aromatic ring is 1. The maximum Gasteiger partial charge on any atom is 0.239 e. The zero-order valence-electron chi connectivity index (χ0n) is 8.73. The highest BCUT2D eigenvalue weighted by Gasteiger charge is 2.19. The molecule has 0 atom stereocenters. The molecule has 0 saturated heterocycles. The van der Waals surface area contributed by atoms with Crippen LogP contribution in [0.25, 0.3) is 0 Å². The molecule has 90 valence electrons. The molecule has 0 spiro atoms. The van der Waals surface area contributed by atoms with Crippen LogP contribution in [0.1, 0.15) is 18.1 Å². The fraction of sp³-hybridized carbons (Fsp3) is 0.222. The molecule has 5 N–H and O–H groups in total. The van der Waals surface area contributed by atoms with Gasteiger partial charge in [-0.05, 0) is 18.1 Å². The van der Waals surface area contributed by atoms with Crippen molar-refractivity contribution < 1.29 is 8.42 Å². The largest absolute Gasteiger partial charge is 0.384 e. The van der Waals surface area contributed by atoms with E-state index >= 15 is 0 Å². The molecule has 1 rings (SSSR count). The van der Waals surface area contributed by atoms with Crippen LogP contribution in [-0.4, -0.2) is 14.3 Å². The highest BCUT2D eigenvalue weighted by Crippen LogP contribution is 2.19. The minimum absolute atomic E-state index is 0. The van der Waals surface area contributed by atoms with Crippen molar-refractivity contribution in [3.63, 3.8) is 0 Å². The maximum atomic E-state index is 11.4. The minimum atomic E-state index is -3.84. The van der Waals surface area contributed by atoms with Crippen molar-refractivity contribution in [1.29, 1.82) is 5.41 Å². The first-order chi connectivity index (χ1) is 6.88. The van der Waals surface area contributed by atoms with E-state index in [9.17, 15) is 8.42 Å². The van der Waals surface area contributed by atoms with Crippen LogP contribution in [-0.2, 0) is 16.4 Å². The molecule has 0 bridgehead atoms. The third kappa shape index (κ3) is 2.94. The van der Waals surface area contributed by atoms with Crippen LogP contribution >= 0.6 is 12.4 Å². The molecular weight excluding hydrogens is 250 g/mol. The van der Waals surface area contributed by atoms with Crippen LogP contribution in [0.2, 0.25) is 0 Å². The Balaban J connectivity index is 0.00000225. The third-order valence-corrected chi connectivity index (χ3v) is 3.10. The number of hydrogen-bond donors (Lipinski definition) is 3. The Hall–Kier alpha value is -1.11. The summed E-state index contributed by atoms with van der Waals surface area (Å²) in [6.07, 6.45) is 0.521. The van der Waals surface area contributed by atoms with E-state index in [0.717, 1.165) is 0 Å². The summed E-state index contributed by atoms with van der Waals surface area (Å²) < 4.78 is 22.7. The van der Waals surface area contributed by atoms with Gasteiger partial charge in [-0.15, -0.1) is 12.4 Å². The number of rotatable bonds is 3. The van der Waals surface area contributed by atoms with Gasteiger partial charge in [-0.1, -0.05) is 19.1 Å². The number of halogens is 1. The highest BCUT2D eigenvalue weighted by atomic mass is 35.5. The molecule has 0 aromatic heterocycles. The summed E-state index contributed by atoms with van der Waals surface area (Å²) in [5.41, 5.74) is 6.04. The van der Waals surface area contributed by atoms with E-state index in [1.54, 1.807) is 12.1 Å². The third-order valence-electron chi connectivity index (χ3n) is 2.05. The van der Waals surface area contributed by atoms with Gasteiger partial charge in [0.1, 0.15) is 5.84 Å². The van der Waals surface area contributed by atoms with E-state index in [2.05, 4.69) is 0 Å². The van der Waals surface area contributed by atoms with Gasteiger partial charge in [-0.25, -0.2) is 13.6 Å². The maximum absolute atomic E-state index is 11.4. The molecule has 1 aromatic carbocycles. The Kier molecular flexibility index (Phi) is 4.92. The summed E-state index contributed by atoms with van der Waals surface area (Å²) in [5, 5.41) is 12.4. The second-order valence-electron chi connectivity index (χ2n) is 3.11. The Morgan fingerprint density at radius 3 is 2.38 bits per heavy atom. The van der Waals surface area contributed by atoms with Gasteiger partial charge >= 0.3 is 0 Å². The van der Waals surface area contributed by atoms with Crippen molar-refractivity contribution in [2.75, 3.05) is 0 Å². The molecule has 0 amide bonds. The molecule has 0 aliphatic carbocycles. The van der Waals surface area contributed by atoms with Crippen LogP contribution in [0.5, 0.6) is 0 Å². The van der Waals surface area contributed by atoms with E-state index in [1.165, 1.54) is 6.07 Å². The highest BCUT2D eigenvalue weighted by molar-refractivity contribution is 7.89. The zero-order chi connectivity index (χ0) is 11.6. The first kappa shape index (κ1) is 14.9. The Bertz CT molecular complexity index is 499. The number of benzene rings is 1. The zero-order valence-corrected chi connectivity index (χ0v) is 10.4. The number of nitrogens with two attached hydrogens (primary N) is 2. The van der Waals surface area contributed by atoms with E-state index < -0.39 is 10.0 Å². The number of sulfonamides is 1. The lowest BCUT2D eigenvalue weighted by atomic mass is 10.1. The number of nitrogens with one attached hydrogen (secondary N) is 1. The number of aryl methyl sites for hydroxylation is 1. The fourth-order valence-corrected chi connectivity index (χ4v) is 2.47. The summed E-state index contributed by atoms with van der Waals surface area (Å²) in [4.78, 5) is -0.0417. The molecule has 7 heteroatoms. The smallest absolute Gasteiger partial charge is 0.239 e. The van der Waals surface area contributed by atoms with Gasteiger partial charge < -0.3 is 5.73 Å². The average Bonchev–Trinajstić information content (AvgIpc) is 2.15. The number of amidine groups is 1. The predicted molar refractivity (Wildman–Crippen MR) is 65.5 cm³/mol. The molecule has 0 fully saturated rings. The summed E-state index contributed by atoms with van der Waals surface area (Å²) in [5.74, 6) is -0.297. The van der Waals surface area contributed by atoms with Crippen LogP contribution < -0.4 is 10.9 Å². The molecule has 1 aromatic rings. The number of hydrogen-bond acceptors (Lipinski definition) is 3. The molecule has 0 heterocycles. The Labute approximate surface area is 101 Å². The van der Waals surface area contributed by atoms with Gasteiger partial charge in [0.25, 0.3) is 0 Å². The van der Waals surface area contributed by atoms with Crippen molar-refractivity contribution in [1.82, 2.24) is 0 Å². The van der Waals surface area contributed by atoms with Crippen molar-refractivity contribution in [2.24, 2.45) is 10.9 Å². The Morgan fingerprint density at radius 1 is 1.44 bits per heavy atom. The monoisotopic (exact) mass is 263 g/mol. The van der Waals surface area contributed by atoms with Crippen LogP contribution in [0.3, 0.4) is 0 Å². The summed E-state index contributed by atoms with van der Waals surface area (Å²) in [6.45, 7) is 1.81. The summed E-state index contributed by atoms with van der Waals surface area (Å²) in [7, 11) is -3.84. The van der Waals surface area contributed by atoms with Gasteiger partial charge in [-0.2, -0.15) is 0 Å². The van der Waals surface area contributed by atoms with Gasteiger partial charge in [0.2, 0.25) is 10.0 Å². The van der Waals surface area contributed by atoms with Crippen LogP contribution in [0, 0.1) is 5.41 Å². The molecular formula is C9H14ClN3O2S. The van der Waals surface area contributed by atoms with Crippen LogP contribution in [0.4, 0.5) is 0 Å². The van der Waals surface area contributed by atoms with Crippen molar-refractivity contribution in [2.45, 2.75) is 18.2 Å². The quantitative estimate of drug-likeness (QED) is 0.549. The van der Waals surface area contributed by atoms with Crippen molar-refractivity contribution in [3.8, 4) is 0 Å². The average molecular weight is 264 g/mol. The fourth-order valence-electron chi connectivity index (χ4n) is 1.41. The lowest BCUT2D eigenvalue weighted by Crippen LogP contribution is -2.22. The normalized spacial score (nSPS) is 10.6. The molecule has 0 saturated carbocycles. The molecule has 0 unspecified atom stereocenters. The number of primary sulfonamides is 1. The Morgan fingerprint density at radius 2 is 2.00 bits per heavy atom. The standard InChI is InChI=1S/C9H13N3O2S.ClH/c1-2-6-4-3-5-7(9(10)11)8(6)15(12,13)14;/h3-5H,2H2,1H3,(H3,10,11)(H2,12,13,14);1H. The van der Waals surface area contributed by atoms with E-state index in [4.69, 9.17) is 16.3 Å². The van der Waals surface area contributed by atoms with E-state index in [1.807, 2.05) is 6.92 Å². The molecule has 16 heavy (non-hydrogen) atoms. The van der Waals surface area contributed by atoms with E-state index in [-0.39, 0.29) is 28.7 Å². The van der Waals surface area contributed by atoms with Crippen molar-refractivity contribution >= 4 is 28.3 Å². The molecule has 5 nitrogen and oxygen atoms in total. The van der Waals surface area contributed by atoms with Gasteiger partial charge in [-0.3, -0.25) is 5.41 Å². The topological polar surface area (TPSA) is 110 Å². The van der Waals surface area contributed by atoms with E-state index in [0.29, 0.717) is 12.0 Å². The molecule has 0 radical (unpaired) electrons. The first-order valence-corrected chi connectivity index (χ1v) is 5.91. The van der Waals surface area contributed by atoms with Gasteiger partial charge in [0, 0.05) is 5.56 Å². The first-order valence-electron chi connectivity index (χ1n) is 4.37.